The molecule has 0 saturated carbocycles. The van der Waals surface area contributed by atoms with Gasteiger partial charge in [-0.05, 0) is 17.4 Å². The maximum atomic E-state index is 11.0. The average Bonchev–Trinajstić information content (AvgIpc) is 2.13. The fraction of sp³-hybridized carbons (Fsp3) is 0.143. The molecule has 0 aliphatic heterocycles. The van der Waals surface area contributed by atoms with E-state index in [2.05, 4.69) is 5.09 Å². The third kappa shape index (κ3) is 5.84. The second-order valence-corrected chi connectivity index (χ2v) is 8.23. The second-order valence-electron chi connectivity index (χ2n) is 3.14. The highest BCUT2D eigenvalue weighted by Gasteiger charge is 2.20. The van der Waals surface area contributed by atoms with Gasteiger partial charge in [0.15, 0.2) is 0 Å². The zero-order valence-corrected chi connectivity index (χ0v) is 11.1. The van der Waals surface area contributed by atoms with Crippen molar-refractivity contribution in [3.63, 3.8) is 0 Å². The van der Waals surface area contributed by atoms with Crippen LogP contribution in [0.4, 0.5) is 0 Å². The van der Waals surface area contributed by atoms with E-state index in [-0.39, 0.29) is 0 Å². The lowest BCUT2D eigenvalue weighted by Gasteiger charge is -2.19. The van der Waals surface area contributed by atoms with Crippen LogP contribution >= 0.6 is 14.2 Å². The molecule has 9 heteroatoms. The first-order valence-corrected chi connectivity index (χ1v) is 8.90. The molecule has 0 heterocycles. The van der Waals surface area contributed by atoms with Crippen molar-refractivity contribution in [1.29, 1.82) is 0 Å². The molecule has 0 amide bonds. The number of nitrogens with two attached hydrogens (primary N) is 3. The summed E-state index contributed by atoms with van der Waals surface area (Å²) in [6.45, 7) is -2.50. The van der Waals surface area contributed by atoms with Crippen molar-refractivity contribution >= 4 is 26.0 Å². The summed E-state index contributed by atoms with van der Waals surface area (Å²) in [5.74, 6) is 0. The third-order valence-electron chi connectivity index (χ3n) is 1.60. The van der Waals surface area contributed by atoms with Crippen LogP contribution in [0.15, 0.2) is 30.3 Å². The topological polar surface area (TPSA) is 116 Å². The van der Waals surface area contributed by atoms with Gasteiger partial charge in [0.25, 0.3) is 0 Å². The van der Waals surface area contributed by atoms with Crippen molar-refractivity contribution in [2.75, 3.05) is 0 Å². The van der Waals surface area contributed by atoms with Crippen molar-refractivity contribution in [2.24, 2.45) is 16.5 Å². The molecule has 90 valence electrons. The highest BCUT2D eigenvalue weighted by atomic mass is 32.5. The fourth-order valence-electron chi connectivity index (χ4n) is 1.02. The van der Waals surface area contributed by atoms with Gasteiger partial charge in [-0.1, -0.05) is 30.3 Å². The molecule has 0 spiro atoms. The minimum Gasteiger partial charge on any atom is -0.269 e. The lowest BCUT2D eigenvalue weighted by atomic mass is 10.2. The Hall–Kier alpha value is -0.100. The van der Waals surface area contributed by atoms with Crippen LogP contribution in [0.5, 0.6) is 0 Å². The molecule has 0 saturated heterocycles. The van der Waals surface area contributed by atoms with Gasteiger partial charge in [-0.25, -0.2) is 15.3 Å². The predicted molar refractivity (Wildman–Crippen MR) is 68.8 cm³/mol. The van der Waals surface area contributed by atoms with Gasteiger partial charge in [-0.3, -0.25) is 15.2 Å². The molecule has 1 aromatic rings. The molecule has 0 aliphatic carbocycles. The Morgan fingerprint density at radius 3 is 2.31 bits per heavy atom. The van der Waals surface area contributed by atoms with Gasteiger partial charge in [-0.2, -0.15) is 0 Å². The highest BCUT2D eigenvalue weighted by molar-refractivity contribution is 8.11. The normalized spacial score (nSPS) is 15.7. The minimum atomic E-state index is -3.65. The van der Waals surface area contributed by atoms with E-state index in [1.807, 2.05) is 30.3 Å². The highest BCUT2D eigenvalue weighted by Crippen LogP contribution is 2.47. The molecular weight excluding hydrogens is 266 g/mol. The summed E-state index contributed by atoms with van der Waals surface area (Å²) in [6.07, 6.45) is 0. The average molecular weight is 280 g/mol. The Morgan fingerprint density at radius 1 is 1.25 bits per heavy atom. The maximum Gasteiger partial charge on any atom is 0.341 e. The van der Waals surface area contributed by atoms with Crippen molar-refractivity contribution in [2.45, 2.75) is 6.54 Å². The summed E-state index contributed by atoms with van der Waals surface area (Å²) in [4.78, 5) is 0. The molecule has 1 unspecified atom stereocenters. The van der Waals surface area contributed by atoms with Gasteiger partial charge in [0.05, 0.1) is 0 Å². The summed E-state index contributed by atoms with van der Waals surface area (Å²) in [5, 5.41) is 2.78. The molecule has 0 fully saturated rings. The first kappa shape index (κ1) is 14.0. The molecule has 7 N–H and O–H groups in total. The van der Waals surface area contributed by atoms with Crippen LogP contribution in [-0.4, -0.2) is 0 Å². The van der Waals surface area contributed by atoms with Crippen LogP contribution in [0.1, 0.15) is 5.56 Å². The SMILES string of the molecule is NP(N)(=O)OP(N)(=S)NCc1ccccc1. The number of hydrogen-bond acceptors (Lipinski definition) is 3. The molecule has 1 atom stereocenters. The summed E-state index contributed by atoms with van der Waals surface area (Å²) < 4.78 is 15.8. The molecular formula is C7H14N4O2P2S. The fourth-order valence-corrected chi connectivity index (χ4v) is 4.30. The lowest BCUT2D eigenvalue weighted by Crippen LogP contribution is -2.20. The van der Waals surface area contributed by atoms with Crippen LogP contribution in [0.3, 0.4) is 0 Å². The van der Waals surface area contributed by atoms with E-state index in [4.69, 9.17) is 32.6 Å². The second kappa shape index (κ2) is 5.49. The van der Waals surface area contributed by atoms with Gasteiger partial charge >= 0.3 is 7.67 Å². The van der Waals surface area contributed by atoms with Gasteiger partial charge in [0.2, 0.25) is 6.57 Å². The van der Waals surface area contributed by atoms with E-state index in [9.17, 15) is 4.57 Å². The van der Waals surface area contributed by atoms with Gasteiger partial charge in [0, 0.05) is 6.54 Å². The Labute approximate surface area is 99.3 Å². The molecule has 0 aromatic heterocycles. The zero-order valence-electron chi connectivity index (χ0n) is 8.45. The van der Waals surface area contributed by atoms with Gasteiger partial charge in [0.1, 0.15) is 0 Å². The summed E-state index contributed by atoms with van der Waals surface area (Å²) in [6, 6.07) is 9.45. The Bertz CT molecular complexity index is 435. The van der Waals surface area contributed by atoms with Crippen molar-refractivity contribution in [3.8, 4) is 0 Å². The molecule has 0 radical (unpaired) electrons. The Kier molecular flexibility index (Phi) is 4.79. The number of rotatable bonds is 5. The molecule has 16 heavy (non-hydrogen) atoms. The monoisotopic (exact) mass is 280 g/mol. The summed E-state index contributed by atoms with van der Waals surface area (Å²) in [5.41, 5.74) is 16.7. The molecule has 1 rings (SSSR count). The van der Waals surface area contributed by atoms with Gasteiger partial charge in [-0.15, -0.1) is 0 Å². The summed E-state index contributed by atoms with van der Waals surface area (Å²) in [7, 11) is -3.65. The molecule has 6 nitrogen and oxygen atoms in total. The van der Waals surface area contributed by atoms with E-state index in [1.54, 1.807) is 0 Å². The van der Waals surface area contributed by atoms with Crippen LogP contribution < -0.4 is 21.6 Å². The van der Waals surface area contributed by atoms with E-state index in [0.717, 1.165) is 5.56 Å². The lowest BCUT2D eigenvalue weighted by molar-refractivity contribution is 0.500. The largest absolute Gasteiger partial charge is 0.341 e. The smallest absolute Gasteiger partial charge is 0.269 e. The van der Waals surface area contributed by atoms with Gasteiger partial charge < -0.3 is 0 Å². The maximum absolute atomic E-state index is 11.0. The van der Waals surface area contributed by atoms with E-state index >= 15 is 0 Å². The third-order valence-corrected chi connectivity index (χ3v) is 5.17. The van der Waals surface area contributed by atoms with Crippen LogP contribution in [-0.2, 0) is 27.2 Å². The van der Waals surface area contributed by atoms with E-state index < -0.39 is 14.2 Å². The Morgan fingerprint density at radius 2 is 1.81 bits per heavy atom. The van der Waals surface area contributed by atoms with E-state index in [0.29, 0.717) is 6.54 Å². The van der Waals surface area contributed by atoms with Crippen LogP contribution in [0.2, 0.25) is 0 Å². The number of hydrogen-bond donors (Lipinski definition) is 4. The standard InChI is InChI=1S/C7H14N4O2P2S/c8-14(9,12)13-15(10,16)11-6-7-4-2-1-3-5-7/h1-5H,6H2,(H4,8,9,12)(H3,10,11,16). The van der Waals surface area contributed by atoms with Crippen molar-refractivity contribution in [1.82, 2.24) is 5.09 Å². The van der Waals surface area contributed by atoms with Crippen LogP contribution in [0, 0.1) is 0 Å². The number of benzene rings is 1. The molecule has 0 bridgehead atoms. The Balaban J connectivity index is 2.55. The van der Waals surface area contributed by atoms with Crippen molar-refractivity contribution in [3.05, 3.63) is 35.9 Å². The van der Waals surface area contributed by atoms with E-state index in [1.165, 1.54) is 0 Å². The molecule has 0 aliphatic rings. The first-order chi connectivity index (χ1) is 7.29. The summed E-state index contributed by atoms with van der Waals surface area (Å²) >= 11 is 4.91. The minimum absolute atomic E-state index is 0.411. The van der Waals surface area contributed by atoms with Crippen molar-refractivity contribution < 1.29 is 8.88 Å². The predicted octanol–water partition coefficient (Wildman–Crippen LogP) is 1.00. The zero-order chi connectivity index (χ0) is 12.2. The first-order valence-electron chi connectivity index (χ1n) is 4.35. The quantitative estimate of drug-likeness (QED) is 0.594. The number of nitrogens with one attached hydrogen (secondary N) is 1. The van der Waals surface area contributed by atoms with Crippen LogP contribution in [0.25, 0.3) is 0 Å². The molecule has 1 aromatic carbocycles.